The van der Waals surface area contributed by atoms with Crippen LogP contribution in [0.3, 0.4) is 0 Å². The van der Waals surface area contributed by atoms with Crippen molar-refractivity contribution in [1.82, 2.24) is 0 Å². The fraction of sp³-hybridized carbons (Fsp3) is 0.533. The lowest BCUT2D eigenvalue weighted by Gasteiger charge is -2.47. The maximum Gasteiger partial charge on any atom is 0.306 e. The third kappa shape index (κ3) is 2.06. The van der Waals surface area contributed by atoms with Gasteiger partial charge in [-0.2, -0.15) is 0 Å². The Kier molecular flexibility index (Phi) is 3.17. The molecule has 0 unspecified atom stereocenters. The van der Waals surface area contributed by atoms with E-state index in [1.54, 1.807) is 0 Å². The largest absolute Gasteiger partial charge is 0.490 e. The van der Waals surface area contributed by atoms with Gasteiger partial charge in [-0.25, -0.2) is 4.39 Å². The van der Waals surface area contributed by atoms with Crippen LogP contribution in [0.4, 0.5) is 4.39 Å². The van der Waals surface area contributed by atoms with Crippen molar-refractivity contribution in [1.29, 1.82) is 0 Å². The van der Waals surface area contributed by atoms with Gasteiger partial charge in [0.25, 0.3) is 0 Å². The number of ether oxygens (including phenoxy) is 1. The minimum absolute atomic E-state index is 0.189. The molecule has 0 spiro atoms. The summed E-state index contributed by atoms with van der Waals surface area (Å²) in [6, 6.07) is 3.94. The molecule has 3 atom stereocenters. The van der Waals surface area contributed by atoms with Crippen molar-refractivity contribution in [3.8, 4) is 5.75 Å². The molecule has 1 saturated carbocycles. The molecule has 0 amide bonds. The number of carboxylic acid groups (broad SMARTS) is 1. The number of carboxylic acids is 1. The Balaban J connectivity index is 2.11. The lowest BCUT2D eigenvalue weighted by atomic mass is 9.68. The predicted octanol–water partition coefficient (Wildman–Crippen LogP) is 2.44. The minimum atomic E-state index is -1.55. The van der Waals surface area contributed by atoms with E-state index in [1.165, 1.54) is 18.2 Å². The van der Waals surface area contributed by atoms with Crippen molar-refractivity contribution in [2.24, 2.45) is 5.92 Å². The monoisotopic (exact) mass is 280 g/mol. The van der Waals surface area contributed by atoms with Crippen LogP contribution >= 0.6 is 0 Å². The van der Waals surface area contributed by atoms with Gasteiger partial charge in [0.15, 0.2) is 0 Å². The van der Waals surface area contributed by atoms with Crippen LogP contribution in [0.15, 0.2) is 18.2 Å². The first-order chi connectivity index (χ1) is 9.50. The van der Waals surface area contributed by atoms with Gasteiger partial charge >= 0.3 is 5.97 Å². The fourth-order valence-corrected chi connectivity index (χ4v) is 3.55. The molecule has 2 aliphatic rings. The van der Waals surface area contributed by atoms with Crippen molar-refractivity contribution >= 4 is 5.97 Å². The summed E-state index contributed by atoms with van der Waals surface area (Å²) in [6.45, 7) is 0. The lowest BCUT2D eigenvalue weighted by Crippen LogP contribution is -2.50. The zero-order chi connectivity index (χ0) is 14.3. The quantitative estimate of drug-likeness (QED) is 0.873. The van der Waals surface area contributed by atoms with E-state index in [2.05, 4.69) is 0 Å². The van der Waals surface area contributed by atoms with Crippen LogP contribution in [-0.2, 0) is 10.4 Å². The molecule has 2 N–H and O–H groups in total. The van der Waals surface area contributed by atoms with Crippen molar-refractivity contribution in [3.05, 3.63) is 29.6 Å². The Labute approximate surface area is 116 Å². The fourth-order valence-electron chi connectivity index (χ4n) is 3.55. The number of halogens is 1. The predicted molar refractivity (Wildman–Crippen MR) is 68.9 cm³/mol. The Hall–Kier alpha value is -1.62. The topological polar surface area (TPSA) is 66.8 Å². The van der Waals surface area contributed by atoms with Gasteiger partial charge in [-0.15, -0.1) is 0 Å². The van der Waals surface area contributed by atoms with Gasteiger partial charge in [-0.3, -0.25) is 4.79 Å². The summed E-state index contributed by atoms with van der Waals surface area (Å²) in [5, 5.41) is 20.1. The van der Waals surface area contributed by atoms with E-state index in [9.17, 15) is 14.3 Å². The molecule has 20 heavy (non-hydrogen) atoms. The van der Waals surface area contributed by atoms with Gasteiger partial charge in [0.05, 0.1) is 6.42 Å². The summed E-state index contributed by atoms with van der Waals surface area (Å²) in [6.07, 6.45) is 2.81. The van der Waals surface area contributed by atoms with E-state index in [-0.39, 0.29) is 17.6 Å². The summed E-state index contributed by atoms with van der Waals surface area (Å²) in [5.41, 5.74) is -1.28. The Bertz CT molecular complexity index is 545. The highest BCUT2D eigenvalue weighted by molar-refractivity contribution is 5.69. The van der Waals surface area contributed by atoms with Crippen molar-refractivity contribution in [3.63, 3.8) is 0 Å². The maximum atomic E-state index is 13.5. The number of hydrogen-bond acceptors (Lipinski definition) is 3. The molecule has 5 heteroatoms. The average Bonchev–Trinajstić information content (AvgIpc) is 2.39. The van der Waals surface area contributed by atoms with E-state index < -0.39 is 23.8 Å². The average molecular weight is 280 g/mol. The molecule has 108 valence electrons. The first kappa shape index (κ1) is 13.4. The Morgan fingerprint density at radius 3 is 2.90 bits per heavy atom. The highest BCUT2D eigenvalue weighted by Crippen LogP contribution is 2.50. The number of aliphatic carboxylic acids is 1. The molecule has 0 saturated heterocycles. The van der Waals surface area contributed by atoms with Crippen LogP contribution in [0.5, 0.6) is 5.75 Å². The Morgan fingerprint density at radius 2 is 2.15 bits per heavy atom. The summed E-state index contributed by atoms with van der Waals surface area (Å²) in [7, 11) is 0. The molecule has 1 aromatic carbocycles. The molecule has 4 nitrogen and oxygen atoms in total. The molecule has 1 aliphatic heterocycles. The molecular formula is C15H17FO4. The third-order valence-electron chi connectivity index (χ3n) is 4.42. The lowest BCUT2D eigenvalue weighted by molar-refractivity contribution is -0.154. The molecule has 1 aliphatic carbocycles. The second-order valence-electron chi connectivity index (χ2n) is 5.68. The number of aliphatic hydroxyl groups is 1. The summed E-state index contributed by atoms with van der Waals surface area (Å²) >= 11 is 0. The van der Waals surface area contributed by atoms with Crippen molar-refractivity contribution < 1.29 is 24.1 Å². The molecule has 1 aromatic rings. The van der Waals surface area contributed by atoms with E-state index in [0.29, 0.717) is 12.2 Å². The minimum Gasteiger partial charge on any atom is -0.490 e. The highest BCUT2D eigenvalue weighted by Gasteiger charge is 2.51. The van der Waals surface area contributed by atoms with Crippen LogP contribution in [0, 0.1) is 11.7 Å². The highest BCUT2D eigenvalue weighted by atomic mass is 19.1. The van der Waals surface area contributed by atoms with Crippen LogP contribution in [-0.4, -0.2) is 22.3 Å². The Morgan fingerprint density at radius 1 is 1.40 bits per heavy atom. The molecule has 3 rings (SSSR count). The standard InChI is InChI=1S/C15H17FO4/c16-9-5-6-13-11(7-9)15(19,8-14(17)18)10-3-1-2-4-12(10)20-13/h5-7,10,12,19H,1-4,8H2,(H,17,18)/t10-,12+,15-/m0/s1. The van der Waals surface area contributed by atoms with E-state index in [1.807, 2.05) is 0 Å². The van der Waals surface area contributed by atoms with Crippen molar-refractivity contribution in [2.45, 2.75) is 43.8 Å². The van der Waals surface area contributed by atoms with E-state index in [4.69, 9.17) is 9.84 Å². The van der Waals surface area contributed by atoms with Gasteiger partial charge in [0, 0.05) is 11.5 Å². The smallest absolute Gasteiger partial charge is 0.306 e. The van der Waals surface area contributed by atoms with Gasteiger partial charge in [0.2, 0.25) is 0 Å². The van der Waals surface area contributed by atoms with Gasteiger partial charge in [-0.05, 0) is 37.5 Å². The zero-order valence-corrected chi connectivity index (χ0v) is 11.0. The number of fused-ring (bicyclic) bond motifs is 2. The first-order valence-corrected chi connectivity index (χ1v) is 6.91. The second kappa shape index (κ2) is 4.74. The third-order valence-corrected chi connectivity index (χ3v) is 4.42. The number of carbonyl (C=O) groups is 1. The van der Waals surface area contributed by atoms with Gasteiger partial charge < -0.3 is 14.9 Å². The number of rotatable bonds is 2. The van der Waals surface area contributed by atoms with Crippen LogP contribution in [0.2, 0.25) is 0 Å². The molecular weight excluding hydrogens is 263 g/mol. The van der Waals surface area contributed by atoms with E-state index >= 15 is 0 Å². The molecule has 0 aromatic heterocycles. The SMILES string of the molecule is O=C(O)C[C@@]1(O)c2cc(F)ccc2O[C@@H]2CCCC[C@@H]21. The van der Waals surface area contributed by atoms with Crippen LogP contribution in [0.1, 0.15) is 37.7 Å². The van der Waals surface area contributed by atoms with Crippen molar-refractivity contribution in [2.75, 3.05) is 0 Å². The molecule has 1 heterocycles. The van der Waals surface area contributed by atoms with Gasteiger partial charge in [0.1, 0.15) is 23.3 Å². The van der Waals surface area contributed by atoms with Gasteiger partial charge in [-0.1, -0.05) is 6.42 Å². The molecule has 0 radical (unpaired) electrons. The molecule has 0 bridgehead atoms. The maximum absolute atomic E-state index is 13.5. The number of hydrogen-bond donors (Lipinski definition) is 2. The van der Waals surface area contributed by atoms with Crippen LogP contribution < -0.4 is 4.74 Å². The summed E-state index contributed by atoms with van der Waals surface area (Å²) in [5.74, 6) is -1.47. The first-order valence-electron chi connectivity index (χ1n) is 6.91. The molecule has 1 fully saturated rings. The second-order valence-corrected chi connectivity index (χ2v) is 5.68. The zero-order valence-electron chi connectivity index (χ0n) is 11.0. The van der Waals surface area contributed by atoms with E-state index in [0.717, 1.165) is 19.3 Å². The number of benzene rings is 1. The summed E-state index contributed by atoms with van der Waals surface area (Å²) < 4.78 is 19.3. The normalized spacial score (nSPS) is 31.9. The van der Waals surface area contributed by atoms with Crippen LogP contribution in [0.25, 0.3) is 0 Å². The summed E-state index contributed by atoms with van der Waals surface area (Å²) in [4.78, 5) is 11.1.